The number of fused-ring (bicyclic) bond motifs is 11. The van der Waals surface area contributed by atoms with E-state index in [-0.39, 0.29) is 0 Å². The van der Waals surface area contributed by atoms with Crippen LogP contribution in [-0.4, -0.2) is 4.57 Å². The molecule has 14 aromatic rings. The Labute approximate surface area is 399 Å². The summed E-state index contributed by atoms with van der Waals surface area (Å²) in [5.41, 5.74) is 15.3. The van der Waals surface area contributed by atoms with Crippen LogP contribution in [0.2, 0.25) is 0 Å². The number of para-hydroxylation sites is 2. The van der Waals surface area contributed by atoms with Gasteiger partial charge in [-0.2, -0.15) is 0 Å². The largest absolute Gasteiger partial charge is 0.455 e. The Morgan fingerprint density at radius 2 is 0.884 bits per heavy atom. The highest BCUT2D eigenvalue weighted by Gasteiger charge is 2.24. The molecule has 322 valence electrons. The van der Waals surface area contributed by atoms with Crippen LogP contribution in [0.25, 0.3) is 115 Å². The number of rotatable bonds is 7. The van der Waals surface area contributed by atoms with Crippen molar-refractivity contribution in [2.45, 2.75) is 0 Å². The van der Waals surface area contributed by atoms with Gasteiger partial charge in [0.2, 0.25) is 0 Å². The number of nitrogens with zero attached hydrogens (tertiary/aromatic N) is 2. The predicted octanol–water partition coefficient (Wildman–Crippen LogP) is 18.6. The second-order valence-electron chi connectivity index (χ2n) is 18.0. The second-order valence-corrected chi connectivity index (χ2v) is 18.0. The van der Waals surface area contributed by atoms with Gasteiger partial charge >= 0.3 is 0 Å². The van der Waals surface area contributed by atoms with Crippen molar-refractivity contribution in [3.63, 3.8) is 0 Å². The molecule has 3 nitrogen and oxygen atoms in total. The van der Waals surface area contributed by atoms with Gasteiger partial charge in [0, 0.05) is 38.5 Å². The lowest BCUT2D eigenvalue weighted by atomic mass is 9.93. The molecule has 14 rings (SSSR count). The maximum Gasteiger partial charge on any atom is 0.143 e. The van der Waals surface area contributed by atoms with Crippen molar-refractivity contribution in [3.8, 4) is 39.1 Å². The van der Waals surface area contributed by atoms with Crippen LogP contribution < -0.4 is 4.90 Å². The maximum absolute atomic E-state index is 6.83. The minimum Gasteiger partial charge on any atom is -0.455 e. The summed E-state index contributed by atoms with van der Waals surface area (Å²) >= 11 is 0. The van der Waals surface area contributed by atoms with Crippen molar-refractivity contribution in [2.75, 3.05) is 4.90 Å². The average molecular weight is 879 g/mol. The van der Waals surface area contributed by atoms with E-state index in [2.05, 4.69) is 264 Å². The van der Waals surface area contributed by atoms with Gasteiger partial charge in [-0.3, -0.25) is 0 Å². The zero-order valence-electron chi connectivity index (χ0n) is 37.6. The first-order chi connectivity index (χ1) is 34.2. The molecule has 0 aliphatic heterocycles. The first kappa shape index (κ1) is 39.0. The third-order valence-corrected chi connectivity index (χ3v) is 14.1. The molecule has 0 spiro atoms. The van der Waals surface area contributed by atoms with Crippen molar-refractivity contribution < 1.29 is 4.42 Å². The molecule has 0 bridgehead atoms. The number of benzene rings is 12. The van der Waals surface area contributed by atoms with E-state index < -0.39 is 0 Å². The van der Waals surface area contributed by atoms with Gasteiger partial charge in [0.25, 0.3) is 0 Å². The lowest BCUT2D eigenvalue weighted by Gasteiger charge is -2.29. The Balaban J connectivity index is 0.953. The molecule has 0 fully saturated rings. The SMILES string of the molecule is c1ccc(-c2cc(-c3ccc4c(ccc5ccccc54)c3)ccc2N(c2ccc(-c3cccc(-n4c5ccccc5c5ccccc54)c3)cc2)c2cccc3oc4c5ccccc5ccc4c23)cc1. The Hall–Kier alpha value is -9.18. The van der Waals surface area contributed by atoms with E-state index in [4.69, 9.17) is 4.42 Å². The molecule has 0 amide bonds. The van der Waals surface area contributed by atoms with E-state index in [1.165, 1.54) is 48.9 Å². The Kier molecular flexibility index (Phi) is 8.90. The fourth-order valence-electron chi connectivity index (χ4n) is 10.9. The molecule has 0 saturated carbocycles. The van der Waals surface area contributed by atoms with E-state index in [1.54, 1.807) is 0 Å². The second kappa shape index (κ2) is 15.7. The summed E-state index contributed by atoms with van der Waals surface area (Å²) in [6.07, 6.45) is 0. The van der Waals surface area contributed by atoms with E-state index in [1.807, 2.05) is 0 Å². The predicted molar refractivity (Wildman–Crippen MR) is 292 cm³/mol. The first-order valence-electron chi connectivity index (χ1n) is 23.7. The third-order valence-electron chi connectivity index (χ3n) is 14.1. The molecule has 12 aromatic carbocycles. The van der Waals surface area contributed by atoms with Gasteiger partial charge in [-0.05, 0) is 128 Å². The fourth-order valence-corrected chi connectivity index (χ4v) is 10.9. The highest BCUT2D eigenvalue weighted by Crippen LogP contribution is 2.48. The minimum absolute atomic E-state index is 0.851. The van der Waals surface area contributed by atoms with Crippen molar-refractivity contribution in [3.05, 3.63) is 255 Å². The number of hydrogen-bond acceptors (Lipinski definition) is 2. The number of anilines is 3. The molecule has 3 heteroatoms. The maximum atomic E-state index is 6.83. The summed E-state index contributed by atoms with van der Waals surface area (Å²) < 4.78 is 9.21. The fraction of sp³-hybridized carbons (Fsp3) is 0. The van der Waals surface area contributed by atoms with Crippen LogP contribution in [-0.2, 0) is 0 Å². The molecule has 0 aliphatic carbocycles. The smallest absolute Gasteiger partial charge is 0.143 e. The van der Waals surface area contributed by atoms with Crippen molar-refractivity contribution in [1.82, 2.24) is 4.57 Å². The van der Waals surface area contributed by atoms with Gasteiger partial charge < -0.3 is 13.9 Å². The van der Waals surface area contributed by atoms with Crippen LogP contribution in [0.3, 0.4) is 0 Å². The Morgan fingerprint density at radius 1 is 0.319 bits per heavy atom. The van der Waals surface area contributed by atoms with E-state index in [9.17, 15) is 0 Å². The van der Waals surface area contributed by atoms with E-state index in [0.717, 1.165) is 83.3 Å². The van der Waals surface area contributed by atoms with Gasteiger partial charge in [-0.15, -0.1) is 0 Å². The summed E-state index contributed by atoms with van der Waals surface area (Å²) in [6, 6.07) is 92.6. The van der Waals surface area contributed by atoms with Gasteiger partial charge in [0.05, 0.1) is 27.8 Å². The minimum atomic E-state index is 0.851. The van der Waals surface area contributed by atoms with Crippen LogP contribution in [0, 0.1) is 0 Å². The average Bonchev–Trinajstić information content (AvgIpc) is 3.98. The van der Waals surface area contributed by atoms with Crippen molar-refractivity contribution >= 4 is 93.1 Å². The van der Waals surface area contributed by atoms with Crippen LogP contribution in [0.5, 0.6) is 0 Å². The Bertz CT molecular complexity index is 4260. The standard InChI is InChI=1S/C66H42N2O/c1-2-14-44(15-3-1)59-42-49(48-33-37-54-50(40-48)29-28-45-16-4-6-20-53(45)54)34-39-62(59)67(63-26-13-27-64-65(63)58-38-32-46-17-5-7-21-55(46)66(58)69-64)51-35-30-43(31-36-51)47-18-12-19-52(41-47)68-60-24-10-8-22-56(60)57-23-9-11-25-61(57)68/h1-42H. The molecular formula is C66H42N2O. The molecule has 0 radical (unpaired) electrons. The molecule has 2 heterocycles. The topological polar surface area (TPSA) is 21.3 Å². The summed E-state index contributed by atoms with van der Waals surface area (Å²) in [5, 5.41) is 11.9. The number of hydrogen-bond donors (Lipinski definition) is 0. The molecule has 0 saturated heterocycles. The zero-order chi connectivity index (χ0) is 45.4. The lowest BCUT2D eigenvalue weighted by Crippen LogP contribution is -2.11. The van der Waals surface area contributed by atoms with Gasteiger partial charge in [0.15, 0.2) is 0 Å². The van der Waals surface area contributed by atoms with Crippen LogP contribution in [0.1, 0.15) is 0 Å². The van der Waals surface area contributed by atoms with Gasteiger partial charge in [-0.25, -0.2) is 0 Å². The summed E-state index contributed by atoms with van der Waals surface area (Å²) in [5.74, 6) is 0. The monoisotopic (exact) mass is 878 g/mol. The molecular weight excluding hydrogens is 837 g/mol. The first-order valence-corrected chi connectivity index (χ1v) is 23.7. The summed E-state index contributed by atoms with van der Waals surface area (Å²) in [6.45, 7) is 0. The third kappa shape index (κ3) is 6.36. The highest BCUT2D eigenvalue weighted by molar-refractivity contribution is 6.20. The zero-order valence-corrected chi connectivity index (χ0v) is 37.6. The van der Waals surface area contributed by atoms with E-state index >= 15 is 0 Å². The van der Waals surface area contributed by atoms with Crippen molar-refractivity contribution in [1.29, 1.82) is 0 Å². The lowest BCUT2D eigenvalue weighted by molar-refractivity contribution is 0.672. The Morgan fingerprint density at radius 3 is 1.68 bits per heavy atom. The number of aromatic nitrogens is 1. The molecule has 0 unspecified atom stereocenters. The molecule has 0 atom stereocenters. The quantitative estimate of drug-likeness (QED) is 0.149. The van der Waals surface area contributed by atoms with E-state index in [0.29, 0.717) is 0 Å². The summed E-state index contributed by atoms with van der Waals surface area (Å²) in [7, 11) is 0. The van der Waals surface area contributed by atoms with Crippen LogP contribution in [0.15, 0.2) is 259 Å². The van der Waals surface area contributed by atoms with Crippen LogP contribution >= 0.6 is 0 Å². The molecule has 69 heavy (non-hydrogen) atoms. The van der Waals surface area contributed by atoms with Crippen LogP contribution in [0.4, 0.5) is 17.1 Å². The number of furan rings is 1. The normalized spacial score (nSPS) is 11.8. The molecule has 0 aliphatic rings. The highest BCUT2D eigenvalue weighted by atomic mass is 16.3. The molecule has 0 N–H and O–H groups in total. The van der Waals surface area contributed by atoms with Gasteiger partial charge in [-0.1, -0.05) is 182 Å². The summed E-state index contributed by atoms with van der Waals surface area (Å²) in [4.78, 5) is 2.43. The molecule has 2 aromatic heterocycles. The van der Waals surface area contributed by atoms with Gasteiger partial charge in [0.1, 0.15) is 11.2 Å². The van der Waals surface area contributed by atoms with Crippen molar-refractivity contribution in [2.24, 2.45) is 0 Å².